The Bertz CT molecular complexity index is 360. The summed E-state index contributed by atoms with van der Waals surface area (Å²) in [5, 5.41) is 3.41. The van der Waals surface area contributed by atoms with E-state index < -0.39 is 0 Å². The molecular formula is C16H27NO. The van der Waals surface area contributed by atoms with Gasteiger partial charge in [-0.1, -0.05) is 38.8 Å². The van der Waals surface area contributed by atoms with Gasteiger partial charge in [0.05, 0.1) is 7.11 Å². The fourth-order valence-electron chi connectivity index (χ4n) is 2.26. The van der Waals surface area contributed by atoms with Gasteiger partial charge in [-0.2, -0.15) is 0 Å². The van der Waals surface area contributed by atoms with Crippen LogP contribution in [0.4, 0.5) is 0 Å². The first-order valence-electron chi connectivity index (χ1n) is 6.90. The fourth-order valence-corrected chi connectivity index (χ4v) is 2.26. The van der Waals surface area contributed by atoms with Crippen LogP contribution in [0.2, 0.25) is 0 Å². The van der Waals surface area contributed by atoms with Crippen molar-refractivity contribution in [3.05, 3.63) is 29.3 Å². The molecule has 0 spiro atoms. The normalized spacial score (nSPS) is 12.8. The van der Waals surface area contributed by atoms with Crippen LogP contribution in [0, 0.1) is 12.8 Å². The molecule has 0 saturated carbocycles. The van der Waals surface area contributed by atoms with Crippen molar-refractivity contribution < 1.29 is 4.74 Å². The second kappa shape index (κ2) is 7.42. The van der Waals surface area contributed by atoms with Gasteiger partial charge in [0, 0.05) is 6.04 Å². The molecule has 0 radical (unpaired) electrons. The van der Waals surface area contributed by atoms with Gasteiger partial charge in [0.2, 0.25) is 0 Å². The van der Waals surface area contributed by atoms with Gasteiger partial charge in [-0.25, -0.2) is 0 Å². The van der Waals surface area contributed by atoms with E-state index in [4.69, 9.17) is 4.74 Å². The Morgan fingerprint density at radius 3 is 2.50 bits per heavy atom. The second-order valence-electron chi connectivity index (χ2n) is 5.40. The lowest BCUT2D eigenvalue weighted by Gasteiger charge is -2.18. The molecule has 1 unspecified atom stereocenters. The van der Waals surface area contributed by atoms with Gasteiger partial charge in [0.15, 0.2) is 0 Å². The monoisotopic (exact) mass is 249 g/mol. The third-order valence-corrected chi connectivity index (χ3v) is 3.46. The zero-order chi connectivity index (χ0) is 13.5. The number of hydrogen-bond acceptors (Lipinski definition) is 2. The second-order valence-corrected chi connectivity index (χ2v) is 5.40. The van der Waals surface area contributed by atoms with E-state index >= 15 is 0 Å². The number of benzene rings is 1. The van der Waals surface area contributed by atoms with Gasteiger partial charge in [-0.3, -0.25) is 0 Å². The maximum atomic E-state index is 5.40. The molecule has 0 bridgehead atoms. The van der Waals surface area contributed by atoms with E-state index in [1.165, 1.54) is 30.4 Å². The number of ether oxygens (including phenoxy) is 1. The van der Waals surface area contributed by atoms with Crippen LogP contribution in [-0.2, 0) is 0 Å². The predicted octanol–water partition coefficient (Wildman–Crippen LogP) is 4.09. The number of methoxy groups -OCH3 is 1. The molecule has 0 aliphatic rings. The van der Waals surface area contributed by atoms with Gasteiger partial charge in [0.25, 0.3) is 0 Å². The van der Waals surface area contributed by atoms with Gasteiger partial charge >= 0.3 is 0 Å². The molecule has 1 rings (SSSR count). The van der Waals surface area contributed by atoms with Crippen LogP contribution < -0.4 is 10.1 Å². The van der Waals surface area contributed by atoms with Crippen molar-refractivity contribution in [1.82, 2.24) is 5.32 Å². The fraction of sp³-hybridized carbons (Fsp3) is 0.625. The lowest BCUT2D eigenvalue weighted by Crippen LogP contribution is -2.16. The van der Waals surface area contributed by atoms with Gasteiger partial charge in [-0.05, 0) is 43.5 Å². The molecule has 0 heterocycles. The maximum absolute atomic E-state index is 5.40. The van der Waals surface area contributed by atoms with Crippen molar-refractivity contribution in [3.63, 3.8) is 0 Å². The van der Waals surface area contributed by atoms with Crippen LogP contribution in [0.15, 0.2) is 18.2 Å². The van der Waals surface area contributed by atoms with Crippen molar-refractivity contribution in [3.8, 4) is 5.75 Å². The minimum atomic E-state index is 0.429. The van der Waals surface area contributed by atoms with E-state index in [1.54, 1.807) is 7.11 Å². The van der Waals surface area contributed by atoms with Gasteiger partial charge < -0.3 is 10.1 Å². The van der Waals surface area contributed by atoms with Crippen molar-refractivity contribution >= 4 is 0 Å². The van der Waals surface area contributed by atoms with Crippen LogP contribution in [0.5, 0.6) is 5.75 Å². The van der Waals surface area contributed by atoms with Gasteiger partial charge in [-0.15, -0.1) is 0 Å². The third kappa shape index (κ3) is 4.34. The summed E-state index contributed by atoms with van der Waals surface area (Å²) >= 11 is 0. The molecule has 1 aromatic carbocycles. The van der Waals surface area contributed by atoms with E-state index in [2.05, 4.69) is 44.3 Å². The highest BCUT2D eigenvalue weighted by molar-refractivity contribution is 5.37. The molecule has 2 nitrogen and oxygen atoms in total. The molecule has 0 amide bonds. The summed E-state index contributed by atoms with van der Waals surface area (Å²) in [6.07, 6.45) is 3.74. The molecule has 2 heteroatoms. The Morgan fingerprint density at radius 2 is 1.94 bits per heavy atom. The Kier molecular flexibility index (Phi) is 6.20. The molecule has 1 aromatic rings. The number of rotatable bonds is 7. The quantitative estimate of drug-likeness (QED) is 0.786. The smallest absolute Gasteiger partial charge is 0.122 e. The Balaban J connectivity index is 2.69. The number of aryl methyl sites for hydroxylation is 1. The molecule has 0 fully saturated rings. The summed E-state index contributed by atoms with van der Waals surface area (Å²) in [4.78, 5) is 0. The Hall–Kier alpha value is -1.02. The highest BCUT2D eigenvalue weighted by Gasteiger charge is 2.11. The maximum Gasteiger partial charge on any atom is 0.122 e. The van der Waals surface area contributed by atoms with E-state index in [0.717, 1.165) is 11.7 Å². The summed E-state index contributed by atoms with van der Waals surface area (Å²) in [5.74, 6) is 1.77. The highest BCUT2D eigenvalue weighted by Crippen LogP contribution is 2.26. The Morgan fingerprint density at radius 1 is 1.22 bits per heavy atom. The summed E-state index contributed by atoms with van der Waals surface area (Å²) in [6.45, 7) is 6.64. The third-order valence-electron chi connectivity index (χ3n) is 3.46. The average Bonchev–Trinajstić information content (AvgIpc) is 2.35. The Labute approximate surface area is 112 Å². The molecule has 0 aliphatic carbocycles. The molecule has 18 heavy (non-hydrogen) atoms. The van der Waals surface area contributed by atoms with E-state index in [9.17, 15) is 0 Å². The molecule has 0 aromatic heterocycles. The zero-order valence-corrected chi connectivity index (χ0v) is 12.4. The first-order valence-corrected chi connectivity index (χ1v) is 6.90. The summed E-state index contributed by atoms with van der Waals surface area (Å²) in [7, 11) is 3.77. The number of nitrogens with one attached hydrogen (secondary N) is 1. The zero-order valence-electron chi connectivity index (χ0n) is 12.4. The topological polar surface area (TPSA) is 21.3 Å². The molecule has 0 aliphatic heterocycles. The standard InChI is InChI=1S/C16H27NO/c1-12(2)7-6-8-15(17-4)14-10-9-13(3)16(11-14)18-5/h9-12,15,17H,6-8H2,1-5H3. The van der Waals surface area contributed by atoms with Crippen LogP contribution in [0.25, 0.3) is 0 Å². The van der Waals surface area contributed by atoms with Crippen molar-refractivity contribution in [2.75, 3.05) is 14.2 Å². The molecule has 1 atom stereocenters. The van der Waals surface area contributed by atoms with E-state index in [-0.39, 0.29) is 0 Å². The van der Waals surface area contributed by atoms with Crippen LogP contribution in [0.3, 0.4) is 0 Å². The molecule has 0 saturated heterocycles. The van der Waals surface area contributed by atoms with Crippen LogP contribution in [0.1, 0.15) is 50.3 Å². The lowest BCUT2D eigenvalue weighted by molar-refractivity contribution is 0.409. The molecular weight excluding hydrogens is 222 g/mol. The molecule has 102 valence electrons. The minimum absolute atomic E-state index is 0.429. The lowest BCUT2D eigenvalue weighted by atomic mass is 9.97. The summed E-state index contributed by atoms with van der Waals surface area (Å²) in [6, 6.07) is 6.93. The van der Waals surface area contributed by atoms with Gasteiger partial charge in [0.1, 0.15) is 5.75 Å². The SMILES string of the molecule is CNC(CCCC(C)C)c1ccc(C)c(OC)c1. The largest absolute Gasteiger partial charge is 0.496 e. The van der Waals surface area contributed by atoms with Crippen LogP contribution >= 0.6 is 0 Å². The summed E-state index contributed by atoms with van der Waals surface area (Å²) in [5.41, 5.74) is 2.52. The number of hydrogen-bond donors (Lipinski definition) is 1. The van der Waals surface area contributed by atoms with Crippen molar-refractivity contribution in [2.45, 2.75) is 46.1 Å². The summed E-state index contributed by atoms with van der Waals surface area (Å²) < 4.78 is 5.40. The molecule has 1 N–H and O–H groups in total. The van der Waals surface area contributed by atoms with Crippen molar-refractivity contribution in [1.29, 1.82) is 0 Å². The predicted molar refractivity (Wildman–Crippen MR) is 78.2 cm³/mol. The first-order chi connectivity index (χ1) is 8.58. The van der Waals surface area contributed by atoms with E-state index in [0.29, 0.717) is 6.04 Å². The van der Waals surface area contributed by atoms with E-state index in [1.807, 2.05) is 7.05 Å². The minimum Gasteiger partial charge on any atom is -0.496 e. The van der Waals surface area contributed by atoms with Crippen molar-refractivity contribution in [2.24, 2.45) is 5.92 Å². The average molecular weight is 249 g/mol. The van der Waals surface area contributed by atoms with Crippen LogP contribution in [-0.4, -0.2) is 14.2 Å². The first kappa shape index (κ1) is 15.0. The highest BCUT2D eigenvalue weighted by atomic mass is 16.5.